The summed E-state index contributed by atoms with van der Waals surface area (Å²) in [7, 11) is 0. The Balaban J connectivity index is 2.42. The van der Waals surface area contributed by atoms with Crippen molar-refractivity contribution in [1.82, 2.24) is 10.2 Å². The molecule has 2 aromatic heterocycles. The lowest BCUT2D eigenvalue weighted by molar-refractivity contribution is 0.534. The minimum absolute atomic E-state index is 0.476. The van der Waals surface area contributed by atoms with Gasteiger partial charge in [-0.3, -0.25) is 0 Å². The van der Waals surface area contributed by atoms with Crippen LogP contribution in [0.3, 0.4) is 0 Å². The van der Waals surface area contributed by atoms with Crippen LogP contribution in [0.25, 0.3) is 10.8 Å². The first kappa shape index (κ1) is 7.95. The van der Waals surface area contributed by atoms with Crippen LogP contribution < -0.4 is 0 Å². The summed E-state index contributed by atoms with van der Waals surface area (Å²) >= 11 is 1.42. The molecule has 2 rings (SSSR count). The number of nitriles is 1. The average Bonchev–Trinajstić information content (AvgIpc) is 2.71. The summed E-state index contributed by atoms with van der Waals surface area (Å²) in [5.74, 6) is 1.01. The van der Waals surface area contributed by atoms with E-state index in [2.05, 4.69) is 10.2 Å². The average molecular weight is 191 g/mol. The Hall–Kier alpha value is -1.67. The van der Waals surface area contributed by atoms with Gasteiger partial charge in [0.15, 0.2) is 0 Å². The smallest absolute Gasteiger partial charge is 0.257 e. The van der Waals surface area contributed by atoms with Crippen LogP contribution in [0.15, 0.2) is 15.9 Å². The molecule has 5 heteroatoms. The van der Waals surface area contributed by atoms with Crippen molar-refractivity contribution in [2.75, 3.05) is 0 Å². The highest BCUT2D eigenvalue weighted by Gasteiger charge is 2.08. The van der Waals surface area contributed by atoms with Gasteiger partial charge >= 0.3 is 0 Å². The lowest BCUT2D eigenvalue weighted by Crippen LogP contribution is -1.71. The Kier molecular flexibility index (Phi) is 1.83. The van der Waals surface area contributed by atoms with E-state index in [9.17, 15) is 0 Å². The summed E-state index contributed by atoms with van der Waals surface area (Å²) in [6.07, 6.45) is 0. The van der Waals surface area contributed by atoms with Gasteiger partial charge in [-0.1, -0.05) is 0 Å². The number of aryl methyl sites for hydroxylation is 1. The molecule has 2 heterocycles. The van der Waals surface area contributed by atoms with Crippen molar-refractivity contribution >= 4 is 11.3 Å². The largest absolute Gasteiger partial charge is 0.420 e. The molecule has 2 aromatic rings. The lowest BCUT2D eigenvalue weighted by atomic mass is 10.3. The van der Waals surface area contributed by atoms with Gasteiger partial charge in [0.1, 0.15) is 6.07 Å². The molecule has 0 N–H and O–H groups in total. The Bertz CT molecular complexity index is 466. The number of hydrogen-bond acceptors (Lipinski definition) is 5. The molecule has 0 saturated heterocycles. The normalized spacial score (nSPS) is 9.85. The Morgan fingerprint density at radius 2 is 2.38 bits per heavy atom. The van der Waals surface area contributed by atoms with Crippen LogP contribution in [0.5, 0.6) is 0 Å². The Morgan fingerprint density at radius 3 is 2.92 bits per heavy atom. The zero-order valence-electron chi connectivity index (χ0n) is 6.81. The fourth-order valence-corrected chi connectivity index (χ4v) is 1.66. The van der Waals surface area contributed by atoms with Gasteiger partial charge in [-0.15, -0.1) is 21.5 Å². The van der Waals surface area contributed by atoms with Crippen LogP contribution in [-0.2, 0) is 0 Å². The van der Waals surface area contributed by atoms with Crippen molar-refractivity contribution in [1.29, 1.82) is 5.26 Å². The number of rotatable bonds is 1. The van der Waals surface area contributed by atoms with E-state index >= 15 is 0 Å². The zero-order valence-corrected chi connectivity index (χ0v) is 7.63. The third kappa shape index (κ3) is 1.44. The van der Waals surface area contributed by atoms with E-state index in [-0.39, 0.29) is 0 Å². The zero-order chi connectivity index (χ0) is 9.26. The van der Waals surface area contributed by atoms with Crippen LogP contribution >= 0.6 is 11.3 Å². The molecule has 0 saturated carbocycles. The third-order valence-electron chi connectivity index (χ3n) is 1.47. The van der Waals surface area contributed by atoms with E-state index in [1.54, 1.807) is 18.4 Å². The van der Waals surface area contributed by atoms with Crippen molar-refractivity contribution < 1.29 is 4.42 Å². The van der Waals surface area contributed by atoms with E-state index in [1.165, 1.54) is 11.3 Å². The summed E-state index contributed by atoms with van der Waals surface area (Å²) in [5, 5.41) is 17.9. The molecule has 0 unspecified atom stereocenters. The number of thiophene rings is 1. The van der Waals surface area contributed by atoms with Crippen LogP contribution in [0.4, 0.5) is 0 Å². The summed E-state index contributed by atoms with van der Waals surface area (Å²) in [6.45, 7) is 1.73. The van der Waals surface area contributed by atoms with Gasteiger partial charge in [0.2, 0.25) is 5.89 Å². The molecule has 0 bridgehead atoms. The van der Waals surface area contributed by atoms with E-state index in [0.717, 1.165) is 4.88 Å². The topological polar surface area (TPSA) is 62.7 Å². The first-order valence-electron chi connectivity index (χ1n) is 3.58. The van der Waals surface area contributed by atoms with E-state index < -0.39 is 0 Å². The summed E-state index contributed by atoms with van der Waals surface area (Å²) < 4.78 is 5.21. The minimum atomic E-state index is 0.476. The summed E-state index contributed by atoms with van der Waals surface area (Å²) in [6, 6.07) is 3.78. The fourth-order valence-electron chi connectivity index (χ4n) is 0.903. The predicted octanol–water partition coefficient (Wildman–Crippen LogP) is 1.98. The van der Waals surface area contributed by atoms with Crippen molar-refractivity contribution in [3.63, 3.8) is 0 Å². The highest BCUT2D eigenvalue weighted by atomic mass is 32.1. The van der Waals surface area contributed by atoms with Crippen LogP contribution in [-0.4, -0.2) is 10.2 Å². The van der Waals surface area contributed by atoms with E-state index in [0.29, 0.717) is 17.3 Å². The molecular formula is C8H5N3OS. The van der Waals surface area contributed by atoms with Crippen molar-refractivity contribution in [3.05, 3.63) is 22.9 Å². The molecule has 64 valence electrons. The summed E-state index contributed by atoms with van der Waals surface area (Å²) in [5.41, 5.74) is 0.621. The quantitative estimate of drug-likeness (QED) is 0.691. The second kappa shape index (κ2) is 2.99. The standard InChI is InChI=1S/C8H5N3OS/c1-5-10-11-8(12-5)7-2-6(3-9)4-13-7/h2,4H,1H3. The van der Waals surface area contributed by atoms with E-state index in [4.69, 9.17) is 9.68 Å². The summed E-state index contributed by atoms with van der Waals surface area (Å²) in [4.78, 5) is 0.831. The fraction of sp³-hybridized carbons (Fsp3) is 0.125. The van der Waals surface area contributed by atoms with E-state index in [1.807, 2.05) is 6.07 Å². The second-order valence-corrected chi connectivity index (χ2v) is 3.35. The highest BCUT2D eigenvalue weighted by Crippen LogP contribution is 2.25. The molecule has 0 atom stereocenters. The van der Waals surface area contributed by atoms with Gasteiger partial charge in [-0.05, 0) is 6.07 Å². The SMILES string of the molecule is Cc1nnc(-c2cc(C#N)cs2)o1. The first-order valence-corrected chi connectivity index (χ1v) is 4.46. The molecule has 0 spiro atoms. The third-order valence-corrected chi connectivity index (χ3v) is 2.38. The second-order valence-electron chi connectivity index (χ2n) is 2.44. The Labute approximate surface area is 78.5 Å². The maximum absolute atomic E-state index is 8.59. The molecule has 0 aliphatic heterocycles. The molecule has 0 aliphatic rings. The molecule has 4 nitrogen and oxygen atoms in total. The molecule has 0 fully saturated rings. The predicted molar refractivity (Wildman–Crippen MR) is 47.1 cm³/mol. The van der Waals surface area contributed by atoms with Crippen LogP contribution in [0, 0.1) is 18.3 Å². The van der Waals surface area contributed by atoms with Gasteiger partial charge in [-0.2, -0.15) is 5.26 Å². The molecule has 0 radical (unpaired) electrons. The van der Waals surface area contributed by atoms with Gasteiger partial charge in [0.25, 0.3) is 5.89 Å². The van der Waals surface area contributed by atoms with Gasteiger partial charge in [0, 0.05) is 12.3 Å². The maximum Gasteiger partial charge on any atom is 0.257 e. The van der Waals surface area contributed by atoms with Crippen molar-refractivity contribution in [2.45, 2.75) is 6.92 Å². The van der Waals surface area contributed by atoms with Gasteiger partial charge in [0.05, 0.1) is 10.4 Å². The van der Waals surface area contributed by atoms with Crippen molar-refractivity contribution in [3.8, 4) is 16.8 Å². The molecular weight excluding hydrogens is 186 g/mol. The maximum atomic E-state index is 8.59. The number of hydrogen-bond donors (Lipinski definition) is 0. The number of aromatic nitrogens is 2. The highest BCUT2D eigenvalue weighted by molar-refractivity contribution is 7.13. The molecule has 13 heavy (non-hydrogen) atoms. The van der Waals surface area contributed by atoms with Crippen molar-refractivity contribution in [2.24, 2.45) is 0 Å². The van der Waals surface area contributed by atoms with Gasteiger partial charge in [-0.25, -0.2) is 0 Å². The van der Waals surface area contributed by atoms with Gasteiger partial charge < -0.3 is 4.42 Å². The van der Waals surface area contributed by atoms with Crippen LogP contribution in [0.1, 0.15) is 11.5 Å². The molecule has 0 aliphatic carbocycles. The van der Waals surface area contributed by atoms with Crippen LogP contribution in [0.2, 0.25) is 0 Å². The molecule has 0 amide bonds. The monoisotopic (exact) mass is 191 g/mol. The molecule has 0 aromatic carbocycles. The minimum Gasteiger partial charge on any atom is -0.420 e. The Morgan fingerprint density at radius 1 is 1.54 bits per heavy atom. The lowest BCUT2D eigenvalue weighted by Gasteiger charge is -1.82. The first-order chi connectivity index (χ1) is 6.29. The number of nitrogens with zero attached hydrogens (tertiary/aromatic N) is 3.